The third-order valence-corrected chi connectivity index (χ3v) is 4.60. The number of thioether (sulfide) groups is 1. The van der Waals surface area contributed by atoms with Gasteiger partial charge in [-0.25, -0.2) is 0 Å². The average molecular weight is 286 g/mol. The van der Waals surface area contributed by atoms with E-state index in [1.165, 1.54) is 11.8 Å². The van der Waals surface area contributed by atoms with Crippen LogP contribution in [0.3, 0.4) is 0 Å². The van der Waals surface area contributed by atoms with Crippen molar-refractivity contribution >= 4 is 29.3 Å². The summed E-state index contributed by atoms with van der Waals surface area (Å²) in [6.07, 6.45) is 1.88. The molecule has 0 aromatic heterocycles. The molecule has 2 rings (SSSR count). The van der Waals surface area contributed by atoms with Crippen molar-refractivity contribution in [3.8, 4) is 0 Å². The van der Waals surface area contributed by atoms with Crippen molar-refractivity contribution in [3.05, 3.63) is 29.3 Å². The normalized spacial score (nSPS) is 19.2. The number of benzene rings is 1. The van der Waals surface area contributed by atoms with E-state index in [9.17, 15) is 9.90 Å². The number of nitrogens with zero attached hydrogens (tertiary/aromatic N) is 1. The van der Waals surface area contributed by atoms with Crippen LogP contribution in [0.4, 0.5) is 0 Å². The molecule has 98 valence electrons. The van der Waals surface area contributed by atoms with E-state index >= 15 is 0 Å². The topological polar surface area (TPSA) is 40.5 Å². The molecule has 1 aromatic carbocycles. The van der Waals surface area contributed by atoms with E-state index < -0.39 is 0 Å². The maximum Gasteiger partial charge on any atom is 0.233 e. The predicted molar refractivity (Wildman–Crippen MR) is 74.0 cm³/mol. The lowest BCUT2D eigenvalue weighted by Crippen LogP contribution is -2.38. The molecular formula is C13H16ClNO2S. The largest absolute Gasteiger partial charge is 0.394 e. The van der Waals surface area contributed by atoms with E-state index in [1.807, 2.05) is 24.3 Å². The number of aliphatic hydroxyl groups is 1. The molecule has 18 heavy (non-hydrogen) atoms. The van der Waals surface area contributed by atoms with Gasteiger partial charge >= 0.3 is 0 Å². The van der Waals surface area contributed by atoms with E-state index in [1.54, 1.807) is 4.90 Å². The summed E-state index contributed by atoms with van der Waals surface area (Å²) < 4.78 is 0. The summed E-state index contributed by atoms with van der Waals surface area (Å²) >= 11 is 7.49. The fourth-order valence-electron chi connectivity index (χ4n) is 2.14. The summed E-state index contributed by atoms with van der Waals surface area (Å²) in [7, 11) is 0. The minimum absolute atomic E-state index is 0.00402. The van der Waals surface area contributed by atoms with Crippen molar-refractivity contribution < 1.29 is 9.90 Å². The second-order valence-corrected chi connectivity index (χ2v) is 5.71. The Morgan fingerprint density at radius 2 is 2.28 bits per heavy atom. The van der Waals surface area contributed by atoms with Gasteiger partial charge in [0.15, 0.2) is 0 Å². The first-order chi connectivity index (χ1) is 8.72. The van der Waals surface area contributed by atoms with Crippen molar-refractivity contribution in [2.45, 2.75) is 23.8 Å². The fraction of sp³-hybridized carbons (Fsp3) is 0.462. The maximum atomic E-state index is 12.1. The van der Waals surface area contributed by atoms with Gasteiger partial charge in [0.05, 0.1) is 23.4 Å². The van der Waals surface area contributed by atoms with Crippen molar-refractivity contribution in [2.24, 2.45) is 0 Å². The quantitative estimate of drug-likeness (QED) is 0.864. The van der Waals surface area contributed by atoms with Gasteiger partial charge in [0.25, 0.3) is 0 Å². The van der Waals surface area contributed by atoms with Gasteiger partial charge < -0.3 is 10.0 Å². The van der Waals surface area contributed by atoms with E-state index in [0.717, 1.165) is 24.3 Å². The van der Waals surface area contributed by atoms with Gasteiger partial charge in [-0.05, 0) is 25.0 Å². The Kier molecular flexibility index (Phi) is 4.92. The number of carbonyl (C=O) groups is 1. The van der Waals surface area contributed by atoms with Crippen LogP contribution in [0.2, 0.25) is 5.02 Å². The molecule has 1 heterocycles. The first kappa shape index (κ1) is 13.7. The lowest BCUT2D eigenvalue weighted by Gasteiger charge is -2.22. The number of aliphatic hydroxyl groups excluding tert-OH is 1. The number of halogens is 1. The summed E-state index contributed by atoms with van der Waals surface area (Å²) in [5.41, 5.74) is 0. The summed E-state index contributed by atoms with van der Waals surface area (Å²) in [5.74, 6) is 0.455. The lowest BCUT2D eigenvalue weighted by atomic mass is 10.2. The van der Waals surface area contributed by atoms with E-state index in [0.29, 0.717) is 10.8 Å². The zero-order chi connectivity index (χ0) is 13.0. The van der Waals surface area contributed by atoms with Gasteiger partial charge in [-0.2, -0.15) is 0 Å². The van der Waals surface area contributed by atoms with E-state index in [-0.39, 0.29) is 18.6 Å². The molecule has 1 fully saturated rings. The minimum Gasteiger partial charge on any atom is -0.394 e. The molecule has 0 saturated carbocycles. The van der Waals surface area contributed by atoms with Gasteiger partial charge in [-0.15, -0.1) is 11.8 Å². The average Bonchev–Trinajstić information content (AvgIpc) is 2.86. The molecule has 1 saturated heterocycles. The number of amides is 1. The van der Waals surface area contributed by atoms with E-state index in [2.05, 4.69) is 0 Å². The molecular weight excluding hydrogens is 270 g/mol. The minimum atomic E-state index is 0.00402. The lowest BCUT2D eigenvalue weighted by molar-refractivity contribution is -0.129. The molecule has 3 nitrogen and oxygen atoms in total. The monoisotopic (exact) mass is 285 g/mol. The Hall–Kier alpha value is -0.710. The van der Waals surface area contributed by atoms with Crippen LogP contribution in [0.1, 0.15) is 12.8 Å². The SMILES string of the molecule is O=C(CSc1ccccc1Cl)N1CCC[C@@H]1CO. The first-order valence-electron chi connectivity index (χ1n) is 6.00. The predicted octanol–water partition coefficient (Wildman–Crippen LogP) is 2.42. The molecule has 0 unspecified atom stereocenters. The Balaban J connectivity index is 1.90. The zero-order valence-corrected chi connectivity index (χ0v) is 11.6. The molecule has 1 aliphatic heterocycles. The highest BCUT2D eigenvalue weighted by Crippen LogP contribution is 2.27. The third-order valence-electron chi connectivity index (χ3n) is 3.10. The highest BCUT2D eigenvalue weighted by molar-refractivity contribution is 8.00. The van der Waals surface area contributed by atoms with Crippen LogP contribution in [0.25, 0.3) is 0 Å². The van der Waals surface area contributed by atoms with Gasteiger partial charge in [-0.1, -0.05) is 23.7 Å². The van der Waals surface area contributed by atoms with Gasteiger partial charge in [-0.3, -0.25) is 4.79 Å². The maximum absolute atomic E-state index is 12.1. The number of rotatable bonds is 4. The van der Waals surface area contributed by atoms with Crippen molar-refractivity contribution in [3.63, 3.8) is 0 Å². The van der Waals surface area contributed by atoms with Crippen molar-refractivity contribution in [2.75, 3.05) is 18.9 Å². The Morgan fingerprint density at radius 3 is 3.00 bits per heavy atom. The third kappa shape index (κ3) is 3.19. The zero-order valence-electron chi connectivity index (χ0n) is 10.0. The summed E-state index contributed by atoms with van der Waals surface area (Å²) in [4.78, 5) is 14.8. The fourth-order valence-corrected chi connectivity index (χ4v) is 3.26. The van der Waals surface area contributed by atoms with Crippen LogP contribution in [0, 0.1) is 0 Å². The Morgan fingerprint density at radius 1 is 1.50 bits per heavy atom. The first-order valence-corrected chi connectivity index (χ1v) is 7.36. The van der Waals surface area contributed by atoms with Gasteiger partial charge in [0.2, 0.25) is 5.91 Å². The number of hydrogen-bond donors (Lipinski definition) is 1. The van der Waals surface area contributed by atoms with Crippen LogP contribution in [0.15, 0.2) is 29.2 Å². The molecule has 1 atom stereocenters. The Bertz CT molecular complexity index is 427. The van der Waals surface area contributed by atoms with E-state index in [4.69, 9.17) is 11.6 Å². The molecule has 0 aliphatic carbocycles. The molecule has 1 N–H and O–H groups in total. The second-order valence-electron chi connectivity index (χ2n) is 4.28. The molecule has 1 aromatic rings. The van der Waals surface area contributed by atoms with Crippen LogP contribution >= 0.6 is 23.4 Å². The van der Waals surface area contributed by atoms with Gasteiger partial charge in [0, 0.05) is 11.4 Å². The number of likely N-dealkylation sites (tertiary alicyclic amines) is 1. The summed E-state index contributed by atoms with van der Waals surface area (Å²) in [5, 5.41) is 9.87. The number of hydrogen-bond acceptors (Lipinski definition) is 3. The van der Waals surface area contributed by atoms with Crippen LogP contribution in [0.5, 0.6) is 0 Å². The number of carbonyl (C=O) groups excluding carboxylic acids is 1. The van der Waals surface area contributed by atoms with Crippen LogP contribution in [-0.2, 0) is 4.79 Å². The van der Waals surface area contributed by atoms with Crippen LogP contribution < -0.4 is 0 Å². The molecule has 1 amide bonds. The van der Waals surface area contributed by atoms with Gasteiger partial charge in [0.1, 0.15) is 0 Å². The molecule has 1 aliphatic rings. The summed E-state index contributed by atoms with van der Waals surface area (Å²) in [6, 6.07) is 7.51. The Labute approximate surface area is 116 Å². The van der Waals surface area contributed by atoms with Crippen molar-refractivity contribution in [1.29, 1.82) is 0 Å². The van der Waals surface area contributed by atoms with Crippen LogP contribution in [-0.4, -0.2) is 40.9 Å². The molecule has 5 heteroatoms. The smallest absolute Gasteiger partial charge is 0.233 e. The van der Waals surface area contributed by atoms with Crippen molar-refractivity contribution in [1.82, 2.24) is 4.90 Å². The highest BCUT2D eigenvalue weighted by Gasteiger charge is 2.27. The molecule has 0 radical (unpaired) electrons. The second kappa shape index (κ2) is 6.45. The summed E-state index contributed by atoms with van der Waals surface area (Å²) in [6.45, 7) is 0.815. The molecule has 0 bridgehead atoms. The standard InChI is InChI=1S/C13H16ClNO2S/c14-11-5-1-2-6-12(11)18-9-13(17)15-7-3-4-10(15)8-16/h1-2,5-6,10,16H,3-4,7-9H2/t10-/m1/s1. The molecule has 0 spiro atoms. The highest BCUT2D eigenvalue weighted by atomic mass is 35.5.